The van der Waals surface area contributed by atoms with Crippen molar-refractivity contribution in [1.82, 2.24) is 21.3 Å². The largest absolute Gasteiger partial charge is 0.313 e. The van der Waals surface area contributed by atoms with Crippen LogP contribution in [0.25, 0.3) is 21.5 Å². The third-order valence-electron chi connectivity index (χ3n) is 7.55. The van der Waals surface area contributed by atoms with Crippen LogP contribution >= 0.6 is 0 Å². The predicted molar refractivity (Wildman–Crippen MR) is 154 cm³/mol. The van der Waals surface area contributed by atoms with Crippen molar-refractivity contribution in [3.05, 3.63) is 96.1 Å². The highest BCUT2D eigenvalue weighted by Gasteiger charge is 2.19. The molecule has 4 N–H and O–H groups in total. The minimum Gasteiger partial charge on any atom is -0.313 e. The van der Waals surface area contributed by atoms with Gasteiger partial charge in [0.15, 0.2) is 0 Å². The molecule has 36 heavy (non-hydrogen) atoms. The van der Waals surface area contributed by atoms with E-state index >= 15 is 0 Å². The number of benzene rings is 4. The Morgan fingerprint density at radius 3 is 1.31 bits per heavy atom. The molecule has 0 aliphatic carbocycles. The van der Waals surface area contributed by atoms with E-state index in [1.807, 2.05) is 0 Å². The van der Waals surface area contributed by atoms with E-state index in [2.05, 4.69) is 120 Å². The van der Waals surface area contributed by atoms with E-state index in [4.69, 9.17) is 0 Å². The van der Waals surface area contributed by atoms with Crippen LogP contribution in [-0.4, -0.2) is 38.3 Å². The Hall–Kier alpha value is -2.76. The van der Waals surface area contributed by atoms with Crippen molar-refractivity contribution in [1.29, 1.82) is 0 Å². The van der Waals surface area contributed by atoms with Gasteiger partial charge in [0.05, 0.1) is 0 Å². The monoisotopic (exact) mass is 480 g/mol. The first-order valence-corrected chi connectivity index (χ1v) is 13.6. The first-order valence-electron chi connectivity index (χ1n) is 13.6. The third kappa shape index (κ3) is 6.32. The van der Waals surface area contributed by atoms with Gasteiger partial charge in [-0.3, -0.25) is 0 Å². The van der Waals surface area contributed by atoms with Gasteiger partial charge in [-0.05, 0) is 71.5 Å². The van der Waals surface area contributed by atoms with Crippen molar-refractivity contribution in [3.63, 3.8) is 0 Å². The Morgan fingerprint density at radius 1 is 0.472 bits per heavy atom. The quantitative estimate of drug-likeness (QED) is 0.297. The van der Waals surface area contributed by atoms with Gasteiger partial charge < -0.3 is 21.3 Å². The van der Waals surface area contributed by atoms with Crippen LogP contribution in [0.1, 0.15) is 49.9 Å². The molecule has 1 fully saturated rings. The molecule has 0 unspecified atom stereocenters. The van der Waals surface area contributed by atoms with Crippen LogP contribution in [0.15, 0.2) is 84.9 Å². The molecule has 4 heteroatoms. The van der Waals surface area contributed by atoms with Crippen LogP contribution in [0.5, 0.6) is 0 Å². The topological polar surface area (TPSA) is 48.1 Å². The summed E-state index contributed by atoms with van der Waals surface area (Å²) in [4.78, 5) is 0. The lowest BCUT2D eigenvalue weighted by molar-refractivity contribution is 0.371. The van der Waals surface area contributed by atoms with Crippen LogP contribution in [0.2, 0.25) is 0 Å². The van der Waals surface area contributed by atoms with E-state index < -0.39 is 0 Å². The highest BCUT2D eigenvalue weighted by Crippen LogP contribution is 2.25. The molecule has 5 rings (SSSR count). The SMILES string of the molecule is C[C@@H]1C[C@H](c2ccc3ccccc3c2)NCCN[C@H](c2ccc3ccccc3c2)C[C@H](C)NCCN1. The van der Waals surface area contributed by atoms with Crippen LogP contribution in [0, 0.1) is 0 Å². The molecule has 1 aliphatic heterocycles. The maximum Gasteiger partial charge on any atom is 0.0335 e. The molecule has 0 spiro atoms. The van der Waals surface area contributed by atoms with Gasteiger partial charge in [0.2, 0.25) is 0 Å². The summed E-state index contributed by atoms with van der Waals surface area (Å²) in [6.07, 6.45) is 2.12. The fraction of sp³-hybridized carbons (Fsp3) is 0.375. The molecule has 0 saturated carbocycles. The third-order valence-corrected chi connectivity index (χ3v) is 7.55. The maximum absolute atomic E-state index is 3.88. The van der Waals surface area contributed by atoms with Crippen molar-refractivity contribution in [3.8, 4) is 0 Å². The van der Waals surface area contributed by atoms with Gasteiger partial charge in [-0.25, -0.2) is 0 Å². The van der Waals surface area contributed by atoms with Crippen LogP contribution in [0.3, 0.4) is 0 Å². The molecule has 0 bridgehead atoms. The zero-order chi connectivity index (χ0) is 24.7. The average molecular weight is 481 g/mol. The lowest BCUT2D eigenvalue weighted by Gasteiger charge is -2.28. The highest BCUT2D eigenvalue weighted by atomic mass is 15.0. The summed E-state index contributed by atoms with van der Waals surface area (Å²) in [6, 6.07) is 32.6. The fourth-order valence-corrected chi connectivity index (χ4v) is 5.53. The number of rotatable bonds is 2. The van der Waals surface area contributed by atoms with E-state index in [1.54, 1.807) is 0 Å². The molecular weight excluding hydrogens is 440 g/mol. The van der Waals surface area contributed by atoms with Crippen molar-refractivity contribution in [2.75, 3.05) is 26.2 Å². The molecule has 4 atom stereocenters. The molecule has 1 saturated heterocycles. The van der Waals surface area contributed by atoms with Gasteiger partial charge in [0.1, 0.15) is 0 Å². The first-order chi connectivity index (χ1) is 17.7. The first kappa shape index (κ1) is 24.9. The highest BCUT2D eigenvalue weighted by molar-refractivity contribution is 5.83. The lowest BCUT2D eigenvalue weighted by atomic mass is 9.96. The van der Waals surface area contributed by atoms with E-state index in [1.165, 1.54) is 32.7 Å². The summed E-state index contributed by atoms with van der Waals surface area (Å²) >= 11 is 0. The zero-order valence-electron chi connectivity index (χ0n) is 21.6. The average Bonchev–Trinajstić information content (AvgIpc) is 2.91. The van der Waals surface area contributed by atoms with Crippen molar-refractivity contribution < 1.29 is 0 Å². The van der Waals surface area contributed by atoms with E-state index in [9.17, 15) is 0 Å². The molecule has 4 aromatic carbocycles. The fourth-order valence-electron chi connectivity index (χ4n) is 5.53. The Morgan fingerprint density at radius 2 is 0.861 bits per heavy atom. The van der Waals surface area contributed by atoms with Gasteiger partial charge in [0, 0.05) is 50.3 Å². The van der Waals surface area contributed by atoms with Crippen LogP contribution in [0.4, 0.5) is 0 Å². The normalized spacial score (nSPS) is 24.9. The smallest absolute Gasteiger partial charge is 0.0335 e. The zero-order valence-corrected chi connectivity index (χ0v) is 21.6. The molecule has 0 radical (unpaired) electrons. The molecule has 1 heterocycles. The summed E-state index contributed by atoms with van der Waals surface area (Å²) in [5.41, 5.74) is 2.74. The molecule has 0 amide bonds. The van der Waals surface area contributed by atoms with Crippen LogP contribution < -0.4 is 21.3 Å². The molecule has 0 aromatic heterocycles. The van der Waals surface area contributed by atoms with Gasteiger partial charge in [-0.15, -0.1) is 0 Å². The molecule has 4 nitrogen and oxygen atoms in total. The Bertz CT molecular complexity index is 1170. The maximum atomic E-state index is 3.88. The van der Waals surface area contributed by atoms with Gasteiger partial charge >= 0.3 is 0 Å². The summed E-state index contributed by atoms with van der Waals surface area (Å²) in [7, 11) is 0. The summed E-state index contributed by atoms with van der Waals surface area (Å²) in [6.45, 7) is 8.41. The molecule has 1 aliphatic rings. The Labute approximate surface area is 215 Å². The second-order valence-corrected chi connectivity index (χ2v) is 10.4. The van der Waals surface area contributed by atoms with E-state index in [0.29, 0.717) is 24.2 Å². The van der Waals surface area contributed by atoms with Gasteiger partial charge in [-0.2, -0.15) is 0 Å². The minimum absolute atomic E-state index is 0.313. The van der Waals surface area contributed by atoms with Crippen molar-refractivity contribution in [2.45, 2.75) is 50.9 Å². The van der Waals surface area contributed by atoms with Gasteiger partial charge in [-0.1, -0.05) is 72.8 Å². The van der Waals surface area contributed by atoms with E-state index in [0.717, 1.165) is 39.0 Å². The number of hydrogen-bond acceptors (Lipinski definition) is 4. The molecular formula is C32H40N4. The molecule has 188 valence electrons. The van der Waals surface area contributed by atoms with Crippen LogP contribution in [-0.2, 0) is 0 Å². The summed E-state index contributed by atoms with van der Waals surface area (Å²) in [5, 5.41) is 20.5. The van der Waals surface area contributed by atoms with E-state index in [-0.39, 0.29) is 0 Å². The van der Waals surface area contributed by atoms with Gasteiger partial charge in [0.25, 0.3) is 0 Å². The Balaban J connectivity index is 1.33. The number of nitrogens with one attached hydrogen (secondary N) is 4. The second kappa shape index (κ2) is 12.0. The minimum atomic E-state index is 0.313. The second-order valence-electron chi connectivity index (χ2n) is 10.4. The Kier molecular flexibility index (Phi) is 8.29. The number of hydrogen-bond donors (Lipinski definition) is 4. The van der Waals surface area contributed by atoms with Crippen molar-refractivity contribution >= 4 is 21.5 Å². The summed E-state index contributed by atoms with van der Waals surface area (Å²) < 4.78 is 0. The van der Waals surface area contributed by atoms with Crippen molar-refractivity contribution in [2.24, 2.45) is 0 Å². The standard InChI is InChI=1S/C32H40N4/c1-23-19-31(29-13-11-25-7-3-5-9-27(25)21-29)35-17-18-36-32(20-24(2)34-16-15-33-23)30-14-12-26-8-4-6-10-28(26)22-30/h3-14,21-24,31-36H,15-20H2,1-2H3/t23-,24+,31-,32+. The predicted octanol–water partition coefficient (Wildman–Crippen LogP) is 5.70. The number of fused-ring (bicyclic) bond motifs is 2. The summed E-state index contributed by atoms with van der Waals surface area (Å²) in [5.74, 6) is 0. The molecule has 4 aromatic rings. The lowest BCUT2D eigenvalue weighted by Crippen LogP contribution is -2.42.